The minimum Gasteiger partial charge on any atom is -0.481 e. The normalized spacial score (nSPS) is 24.1. The van der Waals surface area contributed by atoms with E-state index in [4.69, 9.17) is 5.11 Å². The average molecular weight is 294 g/mol. The predicted molar refractivity (Wildman–Crippen MR) is 69.7 cm³/mol. The largest absolute Gasteiger partial charge is 0.481 e. The van der Waals surface area contributed by atoms with Gasteiger partial charge in [-0.05, 0) is 33.6 Å². The lowest BCUT2D eigenvalue weighted by Crippen LogP contribution is -2.57. The van der Waals surface area contributed by atoms with Gasteiger partial charge in [0.15, 0.2) is 0 Å². The van der Waals surface area contributed by atoms with Gasteiger partial charge in [-0.1, -0.05) is 0 Å². The highest BCUT2D eigenvalue weighted by Gasteiger charge is 2.36. The van der Waals surface area contributed by atoms with Crippen molar-refractivity contribution in [1.82, 2.24) is 9.03 Å². The van der Waals surface area contributed by atoms with E-state index in [0.717, 1.165) is 4.31 Å². The standard InChI is InChI=1S/C11H22N2O5S/c1-8(14)11(2,3)12-19(17,18)13-6-4-5-9(7-13)10(15)16/h8-9,12,14H,4-7H2,1-3H3,(H,15,16). The third-order valence-electron chi connectivity index (χ3n) is 3.51. The topological polar surface area (TPSA) is 107 Å². The van der Waals surface area contributed by atoms with Crippen LogP contribution < -0.4 is 4.72 Å². The summed E-state index contributed by atoms with van der Waals surface area (Å²) in [5.74, 6) is -1.64. The second-order valence-electron chi connectivity index (χ2n) is 5.54. The number of nitrogens with one attached hydrogen (secondary N) is 1. The number of aliphatic hydroxyl groups excluding tert-OH is 1. The Morgan fingerprint density at radius 1 is 1.47 bits per heavy atom. The Morgan fingerprint density at radius 3 is 2.53 bits per heavy atom. The molecule has 1 aliphatic rings. The van der Waals surface area contributed by atoms with Gasteiger partial charge in [-0.2, -0.15) is 17.4 Å². The van der Waals surface area contributed by atoms with Crippen LogP contribution in [0.3, 0.4) is 0 Å². The van der Waals surface area contributed by atoms with E-state index in [1.807, 2.05) is 0 Å². The lowest BCUT2D eigenvalue weighted by molar-refractivity contribution is -0.142. The van der Waals surface area contributed by atoms with E-state index in [-0.39, 0.29) is 6.54 Å². The van der Waals surface area contributed by atoms with Crippen LogP contribution in [-0.4, -0.2) is 53.6 Å². The van der Waals surface area contributed by atoms with Gasteiger partial charge < -0.3 is 10.2 Å². The Labute approximate surface area is 113 Å². The van der Waals surface area contributed by atoms with E-state index in [0.29, 0.717) is 19.4 Å². The molecule has 0 amide bonds. The van der Waals surface area contributed by atoms with Crippen molar-refractivity contribution in [2.75, 3.05) is 13.1 Å². The summed E-state index contributed by atoms with van der Waals surface area (Å²) < 4.78 is 27.9. The van der Waals surface area contributed by atoms with Crippen molar-refractivity contribution >= 4 is 16.2 Å². The fraction of sp³-hybridized carbons (Fsp3) is 0.909. The summed E-state index contributed by atoms with van der Waals surface area (Å²) in [5.41, 5.74) is -1.00. The van der Waals surface area contributed by atoms with E-state index in [1.54, 1.807) is 13.8 Å². The highest BCUT2D eigenvalue weighted by atomic mass is 32.2. The molecule has 0 aromatic heterocycles. The van der Waals surface area contributed by atoms with Gasteiger partial charge in [0.05, 0.1) is 17.6 Å². The van der Waals surface area contributed by atoms with E-state index in [9.17, 15) is 18.3 Å². The number of aliphatic carboxylic acids is 1. The Morgan fingerprint density at radius 2 is 2.05 bits per heavy atom. The third-order valence-corrected chi connectivity index (χ3v) is 5.31. The molecule has 19 heavy (non-hydrogen) atoms. The van der Waals surface area contributed by atoms with Crippen molar-refractivity contribution in [3.8, 4) is 0 Å². The molecular formula is C11H22N2O5S. The van der Waals surface area contributed by atoms with Gasteiger partial charge in [-0.3, -0.25) is 4.79 Å². The molecule has 7 nitrogen and oxygen atoms in total. The summed E-state index contributed by atoms with van der Waals surface area (Å²) in [7, 11) is -3.79. The minimum absolute atomic E-state index is 0.0272. The van der Waals surface area contributed by atoms with Crippen molar-refractivity contribution in [2.45, 2.75) is 45.3 Å². The van der Waals surface area contributed by atoms with Crippen LogP contribution >= 0.6 is 0 Å². The first-order valence-electron chi connectivity index (χ1n) is 6.26. The monoisotopic (exact) mass is 294 g/mol. The lowest BCUT2D eigenvalue weighted by atomic mass is 10.0. The number of nitrogens with zero attached hydrogens (tertiary/aromatic N) is 1. The molecule has 0 spiro atoms. The van der Waals surface area contributed by atoms with Crippen molar-refractivity contribution < 1.29 is 23.4 Å². The van der Waals surface area contributed by atoms with Gasteiger partial charge in [0.2, 0.25) is 0 Å². The first-order valence-corrected chi connectivity index (χ1v) is 7.70. The summed E-state index contributed by atoms with van der Waals surface area (Å²) in [4.78, 5) is 10.9. The number of rotatable bonds is 5. The summed E-state index contributed by atoms with van der Waals surface area (Å²) in [5, 5.41) is 18.5. The highest BCUT2D eigenvalue weighted by Crippen LogP contribution is 2.20. The maximum Gasteiger partial charge on any atom is 0.307 e. The van der Waals surface area contributed by atoms with Gasteiger partial charge in [0.25, 0.3) is 10.2 Å². The molecule has 0 aliphatic carbocycles. The smallest absolute Gasteiger partial charge is 0.307 e. The van der Waals surface area contributed by atoms with Crippen LogP contribution in [0.15, 0.2) is 0 Å². The van der Waals surface area contributed by atoms with Crippen molar-refractivity contribution in [2.24, 2.45) is 5.92 Å². The number of hydrogen-bond acceptors (Lipinski definition) is 4. The molecule has 2 unspecified atom stereocenters. The Hall–Kier alpha value is -0.700. The summed E-state index contributed by atoms with van der Waals surface area (Å²) in [6.45, 7) is 4.93. The fourth-order valence-electron chi connectivity index (χ4n) is 1.84. The quantitative estimate of drug-likeness (QED) is 0.649. The highest BCUT2D eigenvalue weighted by molar-refractivity contribution is 7.87. The van der Waals surface area contributed by atoms with Crippen molar-refractivity contribution in [3.63, 3.8) is 0 Å². The lowest BCUT2D eigenvalue weighted by Gasteiger charge is -2.35. The fourth-order valence-corrected chi connectivity index (χ4v) is 3.55. The molecule has 8 heteroatoms. The first-order chi connectivity index (χ1) is 8.56. The molecule has 2 atom stereocenters. The van der Waals surface area contributed by atoms with Crippen LogP contribution in [0.4, 0.5) is 0 Å². The molecule has 0 bridgehead atoms. The third kappa shape index (κ3) is 4.13. The number of carboxylic acid groups (broad SMARTS) is 1. The summed E-state index contributed by atoms with van der Waals surface area (Å²) in [6, 6.07) is 0. The van der Waals surface area contributed by atoms with Crippen LogP contribution in [0.25, 0.3) is 0 Å². The second-order valence-corrected chi connectivity index (χ2v) is 7.21. The molecule has 112 valence electrons. The van der Waals surface area contributed by atoms with Crippen LogP contribution in [0.1, 0.15) is 33.6 Å². The van der Waals surface area contributed by atoms with Gasteiger partial charge in [0.1, 0.15) is 0 Å². The number of carboxylic acids is 1. The molecule has 1 fully saturated rings. The van der Waals surface area contributed by atoms with Gasteiger partial charge in [-0.15, -0.1) is 0 Å². The van der Waals surface area contributed by atoms with Crippen molar-refractivity contribution in [1.29, 1.82) is 0 Å². The summed E-state index contributed by atoms with van der Waals surface area (Å²) in [6.07, 6.45) is 0.149. The van der Waals surface area contributed by atoms with Crippen LogP contribution in [-0.2, 0) is 15.0 Å². The zero-order valence-corrected chi connectivity index (χ0v) is 12.3. The molecule has 1 saturated heterocycles. The first kappa shape index (κ1) is 16.4. The van der Waals surface area contributed by atoms with Crippen LogP contribution in [0, 0.1) is 5.92 Å². The molecule has 0 aromatic carbocycles. The maximum absolute atomic E-state index is 12.2. The molecule has 1 rings (SSSR count). The zero-order chi connectivity index (χ0) is 14.8. The maximum atomic E-state index is 12.2. The number of carbonyl (C=O) groups is 1. The minimum atomic E-state index is -3.79. The number of piperidine rings is 1. The average Bonchev–Trinajstić information content (AvgIpc) is 2.27. The van der Waals surface area contributed by atoms with E-state index < -0.39 is 33.7 Å². The number of hydrogen-bond donors (Lipinski definition) is 3. The Balaban J connectivity index is 2.80. The van der Waals surface area contributed by atoms with Gasteiger partial charge >= 0.3 is 5.97 Å². The van der Waals surface area contributed by atoms with E-state index >= 15 is 0 Å². The van der Waals surface area contributed by atoms with E-state index in [1.165, 1.54) is 6.92 Å². The SMILES string of the molecule is CC(O)C(C)(C)NS(=O)(=O)N1CCCC(C(=O)O)C1. The second kappa shape index (κ2) is 5.74. The van der Waals surface area contributed by atoms with Crippen LogP contribution in [0.5, 0.6) is 0 Å². The van der Waals surface area contributed by atoms with E-state index in [2.05, 4.69) is 4.72 Å². The molecular weight excluding hydrogens is 272 g/mol. The van der Waals surface area contributed by atoms with Gasteiger partial charge in [-0.25, -0.2) is 0 Å². The van der Waals surface area contributed by atoms with Crippen LogP contribution in [0.2, 0.25) is 0 Å². The molecule has 1 aliphatic heterocycles. The Kier molecular flexibility index (Phi) is 4.94. The zero-order valence-electron chi connectivity index (χ0n) is 11.5. The van der Waals surface area contributed by atoms with Gasteiger partial charge in [0, 0.05) is 13.1 Å². The molecule has 0 aromatic rings. The molecule has 0 radical (unpaired) electrons. The number of aliphatic hydroxyl groups is 1. The molecule has 1 heterocycles. The Bertz CT molecular complexity index is 432. The molecule has 3 N–H and O–H groups in total. The predicted octanol–water partition coefficient (Wildman–Crippen LogP) is -0.223. The van der Waals surface area contributed by atoms with Crippen molar-refractivity contribution in [3.05, 3.63) is 0 Å². The molecule has 0 saturated carbocycles. The summed E-state index contributed by atoms with van der Waals surface area (Å²) >= 11 is 0.